The molecule has 2 N–H and O–H groups in total. The number of fused-ring (bicyclic) bond motifs is 1. The molecule has 42 heavy (non-hydrogen) atoms. The van der Waals surface area contributed by atoms with Crippen molar-refractivity contribution in [2.24, 2.45) is 7.05 Å². The Labute approximate surface area is 252 Å². The maximum absolute atomic E-state index is 13.5. The van der Waals surface area contributed by atoms with Crippen molar-refractivity contribution in [1.29, 1.82) is 0 Å². The quantitative estimate of drug-likeness (QED) is 0.266. The van der Waals surface area contributed by atoms with Crippen molar-refractivity contribution in [3.8, 4) is 11.4 Å². The lowest BCUT2D eigenvalue weighted by atomic mass is 9.78. The van der Waals surface area contributed by atoms with E-state index in [0.29, 0.717) is 17.1 Å². The number of carbonyl (C=O) groups is 1. The van der Waals surface area contributed by atoms with Crippen LogP contribution in [0.3, 0.4) is 0 Å². The molecule has 1 aliphatic carbocycles. The number of hydrogen-bond donors (Lipinski definition) is 2. The molecule has 0 saturated heterocycles. The van der Waals surface area contributed by atoms with Gasteiger partial charge in [-0.05, 0) is 74.7 Å². The van der Waals surface area contributed by atoms with Gasteiger partial charge in [0.05, 0.1) is 21.4 Å². The van der Waals surface area contributed by atoms with Gasteiger partial charge in [0.25, 0.3) is 21.5 Å². The van der Waals surface area contributed by atoms with Crippen LogP contribution < -0.4 is 20.3 Å². The van der Waals surface area contributed by atoms with Crippen LogP contribution >= 0.6 is 23.2 Å². The standard InChI is InChI=1S/C30H26Cl2N4O5S/c1-18-27(29(38)36(35(18)2)22-7-4-3-5-8-22)34-42(39,40)25-17-20(16-23(31)26(25)32)28(37)33-21-9-10-24-19(15-21)11-14-30(41-24)12-6-13-30/h3-5,7-11,14-17,34H,6,12-13H2,1-2H3,(H,33,37). The number of aromatic nitrogens is 2. The van der Waals surface area contributed by atoms with Crippen molar-refractivity contribution in [3.63, 3.8) is 0 Å². The van der Waals surface area contributed by atoms with E-state index in [1.165, 1.54) is 10.7 Å². The van der Waals surface area contributed by atoms with Crippen molar-refractivity contribution in [2.75, 3.05) is 10.0 Å². The molecule has 1 spiro atoms. The molecular weight excluding hydrogens is 599 g/mol. The summed E-state index contributed by atoms with van der Waals surface area (Å²) in [6.07, 6.45) is 7.12. The van der Waals surface area contributed by atoms with Crippen LogP contribution in [0, 0.1) is 6.92 Å². The highest BCUT2D eigenvalue weighted by Crippen LogP contribution is 2.43. The summed E-state index contributed by atoms with van der Waals surface area (Å²) in [5.74, 6) is 0.148. The van der Waals surface area contributed by atoms with E-state index in [9.17, 15) is 18.0 Å². The van der Waals surface area contributed by atoms with Crippen LogP contribution in [-0.4, -0.2) is 29.3 Å². The molecule has 0 bridgehead atoms. The van der Waals surface area contributed by atoms with Gasteiger partial charge in [-0.25, -0.2) is 13.1 Å². The van der Waals surface area contributed by atoms with Crippen LogP contribution in [0.2, 0.25) is 10.0 Å². The molecule has 216 valence electrons. The predicted molar refractivity (Wildman–Crippen MR) is 164 cm³/mol. The molecule has 1 aliphatic heterocycles. The first-order valence-electron chi connectivity index (χ1n) is 13.2. The molecule has 1 fully saturated rings. The van der Waals surface area contributed by atoms with Gasteiger partial charge in [0.1, 0.15) is 21.9 Å². The second kappa shape index (κ2) is 10.4. The van der Waals surface area contributed by atoms with Gasteiger partial charge < -0.3 is 10.1 Å². The van der Waals surface area contributed by atoms with Gasteiger partial charge in [-0.3, -0.25) is 19.0 Å². The van der Waals surface area contributed by atoms with Gasteiger partial charge >= 0.3 is 0 Å². The predicted octanol–water partition coefficient (Wildman–Crippen LogP) is 6.17. The third-order valence-corrected chi connectivity index (χ3v) is 9.97. The van der Waals surface area contributed by atoms with Crippen LogP contribution in [0.5, 0.6) is 5.75 Å². The molecule has 0 unspecified atom stereocenters. The molecular formula is C30H26Cl2N4O5S. The summed E-state index contributed by atoms with van der Waals surface area (Å²) in [7, 11) is -2.80. The highest BCUT2D eigenvalue weighted by atomic mass is 35.5. The van der Waals surface area contributed by atoms with E-state index in [-0.39, 0.29) is 26.9 Å². The number of carbonyl (C=O) groups excluding carboxylic acids is 1. The largest absolute Gasteiger partial charge is 0.483 e. The second-order valence-corrected chi connectivity index (χ2v) is 12.8. The number of nitrogens with one attached hydrogen (secondary N) is 2. The number of hydrogen-bond acceptors (Lipinski definition) is 5. The summed E-state index contributed by atoms with van der Waals surface area (Å²) in [5, 5.41) is 2.36. The zero-order chi connectivity index (χ0) is 29.8. The third kappa shape index (κ3) is 4.89. The van der Waals surface area contributed by atoms with Crippen LogP contribution in [0.1, 0.15) is 40.9 Å². The van der Waals surface area contributed by atoms with Crippen molar-refractivity contribution < 1.29 is 17.9 Å². The topological polar surface area (TPSA) is 111 Å². The van der Waals surface area contributed by atoms with E-state index in [1.807, 2.05) is 12.1 Å². The summed E-state index contributed by atoms with van der Waals surface area (Å²) in [4.78, 5) is 26.1. The number of ether oxygens (including phenoxy) is 1. The van der Waals surface area contributed by atoms with E-state index in [1.54, 1.807) is 61.1 Å². The highest BCUT2D eigenvalue weighted by molar-refractivity contribution is 7.92. The van der Waals surface area contributed by atoms with E-state index >= 15 is 0 Å². The van der Waals surface area contributed by atoms with Crippen molar-refractivity contribution in [2.45, 2.75) is 36.7 Å². The number of halogens is 2. The first kappa shape index (κ1) is 28.1. The smallest absolute Gasteiger partial charge is 0.296 e. The summed E-state index contributed by atoms with van der Waals surface area (Å²) >= 11 is 12.6. The Hall–Kier alpha value is -3.99. The summed E-state index contributed by atoms with van der Waals surface area (Å²) in [6.45, 7) is 1.61. The molecule has 9 nitrogen and oxygen atoms in total. The fourth-order valence-electron chi connectivity index (χ4n) is 5.11. The molecule has 1 aromatic heterocycles. The molecule has 3 aromatic carbocycles. The summed E-state index contributed by atoms with van der Waals surface area (Å²) < 4.78 is 38.5. The minimum Gasteiger partial charge on any atom is -0.483 e. The second-order valence-electron chi connectivity index (χ2n) is 10.4. The van der Waals surface area contributed by atoms with Gasteiger partial charge in [0.2, 0.25) is 0 Å². The molecule has 0 radical (unpaired) electrons. The van der Waals surface area contributed by atoms with Crippen LogP contribution in [0.4, 0.5) is 11.4 Å². The van der Waals surface area contributed by atoms with E-state index in [4.69, 9.17) is 27.9 Å². The van der Waals surface area contributed by atoms with Gasteiger partial charge in [0, 0.05) is 23.9 Å². The molecule has 2 heterocycles. The lowest BCUT2D eigenvalue weighted by Crippen LogP contribution is -2.42. The Bertz CT molecular complexity index is 1940. The molecule has 2 aliphatic rings. The lowest BCUT2D eigenvalue weighted by Gasteiger charge is -2.41. The molecule has 4 aromatic rings. The van der Waals surface area contributed by atoms with Gasteiger partial charge in [-0.1, -0.05) is 47.5 Å². The Balaban J connectivity index is 1.28. The number of para-hydroxylation sites is 1. The number of nitrogens with zero attached hydrogens (tertiary/aromatic N) is 2. The third-order valence-electron chi connectivity index (χ3n) is 7.68. The number of sulfonamides is 1. The Morgan fingerprint density at radius 3 is 2.48 bits per heavy atom. The Morgan fingerprint density at radius 1 is 1.05 bits per heavy atom. The Kier molecular flexibility index (Phi) is 6.95. The highest BCUT2D eigenvalue weighted by Gasteiger charge is 2.39. The molecule has 0 atom stereocenters. The monoisotopic (exact) mass is 624 g/mol. The number of benzene rings is 3. The number of anilines is 2. The fraction of sp³-hybridized carbons (Fsp3) is 0.200. The van der Waals surface area contributed by atoms with Gasteiger partial charge in [-0.2, -0.15) is 0 Å². The van der Waals surface area contributed by atoms with E-state index in [2.05, 4.69) is 16.1 Å². The number of amides is 1. The van der Waals surface area contributed by atoms with Crippen molar-refractivity contribution in [3.05, 3.63) is 104 Å². The average molecular weight is 626 g/mol. The normalized spacial score (nSPS) is 15.0. The first-order chi connectivity index (χ1) is 20.0. The molecule has 1 amide bonds. The van der Waals surface area contributed by atoms with Gasteiger partial charge in [-0.15, -0.1) is 0 Å². The Morgan fingerprint density at radius 2 is 1.79 bits per heavy atom. The maximum atomic E-state index is 13.5. The molecule has 12 heteroatoms. The minimum atomic E-state index is -4.44. The van der Waals surface area contributed by atoms with Crippen LogP contribution in [0.15, 0.2) is 76.4 Å². The summed E-state index contributed by atoms with van der Waals surface area (Å²) in [6, 6.07) is 16.5. The lowest BCUT2D eigenvalue weighted by molar-refractivity contribution is 0.0382. The fourth-order valence-corrected chi connectivity index (χ4v) is 7.04. The first-order valence-corrected chi connectivity index (χ1v) is 15.4. The van der Waals surface area contributed by atoms with E-state index < -0.39 is 26.4 Å². The van der Waals surface area contributed by atoms with Crippen molar-refractivity contribution in [1.82, 2.24) is 9.36 Å². The van der Waals surface area contributed by atoms with E-state index in [0.717, 1.165) is 36.6 Å². The van der Waals surface area contributed by atoms with Crippen LogP contribution in [-0.2, 0) is 17.1 Å². The molecule has 1 saturated carbocycles. The minimum absolute atomic E-state index is 0.0332. The SMILES string of the molecule is Cc1c(NS(=O)(=O)c2cc(C(=O)Nc3ccc4c(c3)C=CC3(CCC3)O4)cc(Cl)c2Cl)c(=O)n(-c2ccccc2)n1C. The number of rotatable bonds is 6. The summed E-state index contributed by atoms with van der Waals surface area (Å²) in [5.41, 5.74) is 1.26. The van der Waals surface area contributed by atoms with Gasteiger partial charge in [0.15, 0.2) is 0 Å². The van der Waals surface area contributed by atoms with Crippen molar-refractivity contribution >= 4 is 56.6 Å². The van der Waals surface area contributed by atoms with Crippen LogP contribution in [0.25, 0.3) is 11.8 Å². The zero-order valence-electron chi connectivity index (χ0n) is 22.6. The zero-order valence-corrected chi connectivity index (χ0v) is 25.0. The average Bonchev–Trinajstić information content (AvgIpc) is 3.16. The molecule has 6 rings (SSSR count). The maximum Gasteiger partial charge on any atom is 0.296 e.